The third-order valence-corrected chi connectivity index (χ3v) is 2.39. The van der Waals surface area contributed by atoms with Gasteiger partial charge in [0.05, 0.1) is 5.92 Å². The van der Waals surface area contributed by atoms with E-state index in [0.29, 0.717) is 0 Å². The molecule has 0 aromatic carbocycles. The Kier molecular flexibility index (Phi) is 2.74. The van der Waals surface area contributed by atoms with E-state index in [1.165, 1.54) is 5.57 Å². The maximum absolute atomic E-state index is 11.2. The predicted octanol–water partition coefficient (Wildman–Crippen LogP) is 3.08. The van der Waals surface area contributed by atoms with Gasteiger partial charge in [-0.2, -0.15) is 0 Å². The van der Waals surface area contributed by atoms with Crippen molar-refractivity contribution < 1.29 is 4.79 Å². The second-order valence-electron chi connectivity index (χ2n) is 4.56. The van der Waals surface area contributed by atoms with Gasteiger partial charge in [-0.25, -0.2) is 0 Å². The van der Waals surface area contributed by atoms with Crippen LogP contribution in [0, 0.1) is 11.3 Å². The van der Waals surface area contributed by atoms with E-state index in [0.717, 1.165) is 12.3 Å². The lowest BCUT2D eigenvalue weighted by atomic mass is 9.78. The number of hydrogen-bond acceptors (Lipinski definition) is 1. The van der Waals surface area contributed by atoms with Crippen LogP contribution >= 0.6 is 0 Å². The van der Waals surface area contributed by atoms with Crippen LogP contribution < -0.4 is 0 Å². The Bertz CT molecular complexity index is 263. The maximum atomic E-state index is 11.2. The van der Waals surface area contributed by atoms with Crippen molar-refractivity contribution in [2.75, 3.05) is 0 Å². The van der Waals surface area contributed by atoms with Crippen LogP contribution in [0.25, 0.3) is 0 Å². The number of carbonyl (C=O) groups excluding carboxylic acids is 1. The van der Waals surface area contributed by atoms with Gasteiger partial charge in [0, 0.05) is 0 Å². The molecular formula is C12H17O. The molecule has 0 saturated heterocycles. The molecule has 1 aliphatic rings. The van der Waals surface area contributed by atoms with Crippen molar-refractivity contribution in [2.45, 2.75) is 34.1 Å². The van der Waals surface area contributed by atoms with Gasteiger partial charge in [-0.3, -0.25) is 4.79 Å². The van der Waals surface area contributed by atoms with Crippen LogP contribution in [0.5, 0.6) is 0 Å². The van der Waals surface area contributed by atoms with Crippen LogP contribution in [0.1, 0.15) is 34.1 Å². The Labute approximate surface area is 80.5 Å². The minimum absolute atomic E-state index is 0.172. The van der Waals surface area contributed by atoms with E-state index in [1.807, 2.05) is 12.2 Å². The largest absolute Gasteiger partial charge is 0.299 e. The number of carbonyl (C=O) groups is 1. The van der Waals surface area contributed by atoms with Crippen LogP contribution in [0.4, 0.5) is 0 Å². The summed E-state index contributed by atoms with van der Waals surface area (Å²) in [5, 5.41) is 0. The first kappa shape index (κ1) is 10.2. The highest BCUT2D eigenvalue weighted by Gasteiger charge is 2.23. The van der Waals surface area contributed by atoms with Crippen LogP contribution in [-0.2, 0) is 4.79 Å². The van der Waals surface area contributed by atoms with Gasteiger partial charge in [0.15, 0.2) is 0 Å². The summed E-state index contributed by atoms with van der Waals surface area (Å²) >= 11 is 0. The molecule has 0 amide bonds. The second-order valence-corrected chi connectivity index (χ2v) is 4.56. The summed E-state index contributed by atoms with van der Waals surface area (Å²) in [4.78, 5) is 11.2. The van der Waals surface area contributed by atoms with Crippen molar-refractivity contribution in [1.29, 1.82) is 0 Å². The van der Waals surface area contributed by atoms with E-state index in [9.17, 15) is 4.79 Å². The van der Waals surface area contributed by atoms with Crippen LogP contribution in [0.2, 0.25) is 0 Å². The molecule has 0 bridgehead atoms. The van der Waals surface area contributed by atoms with Crippen LogP contribution in [0.3, 0.4) is 0 Å². The fourth-order valence-corrected chi connectivity index (χ4v) is 1.36. The van der Waals surface area contributed by atoms with E-state index in [2.05, 4.69) is 26.8 Å². The summed E-state index contributed by atoms with van der Waals surface area (Å²) in [7, 11) is 0. The van der Waals surface area contributed by atoms with Gasteiger partial charge in [-0.05, 0) is 18.8 Å². The minimum Gasteiger partial charge on any atom is -0.299 e. The molecule has 71 valence electrons. The van der Waals surface area contributed by atoms with Gasteiger partial charge in [-0.1, -0.05) is 44.6 Å². The van der Waals surface area contributed by atoms with E-state index in [1.54, 1.807) is 6.92 Å². The summed E-state index contributed by atoms with van der Waals surface area (Å²) in [5.74, 6) is 1.11. The molecule has 0 unspecified atom stereocenters. The van der Waals surface area contributed by atoms with Crippen LogP contribution in [0.15, 0.2) is 23.8 Å². The molecule has 1 nitrogen and oxygen atoms in total. The summed E-state index contributed by atoms with van der Waals surface area (Å²) in [6, 6.07) is 0. The molecule has 1 aliphatic carbocycles. The SMILES string of the molecule is CC(=O)[C]1C=CC=C(C(C)(C)C)C1. The zero-order valence-corrected chi connectivity index (χ0v) is 8.85. The molecule has 0 atom stereocenters. The Morgan fingerprint density at radius 2 is 2.00 bits per heavy atom. The standard InChI is InChI=1S/C12H17O/c1-9(13)10-6-5-7-11(8-10)12(2,3)4/h5-7H,8H2,1-4H3. The van der Waals surface area contributed by atoms with Gasteiger partial charge >= 0.3 is 0 Å². The molecule has 1 rings (SSSR count). The fourth-order valence-electron chi connectivity index (χ4n) is 1.36. The Hall–Kier alpha value is -0.850. The van der Waals surface area contributed by atoms with Crippen molar-refractivity contribution in [2.24, 2.45) is 5.41 Å². The highest BCUT2D eigenvalue weighted by Crippen LogP contribution is 2.34. The average Bonchev–Trinajstić information content (AvgIpc) is 2.03. The molecule has 0 aromatic heterocycles. The number of hydrogen-bond donors (Lipinski definition) is 0. The molecular weight excluding hydrogens is 160 g/mol. The van der Waals surface area contributed by atoms with Crippen molar-refractivity contribution in [3.05, 3.63) is 29.7 Å². The topological polar surface area (TPSA) is 17.1 Å². The zero-order chi connectivity index (χ0) is 10.1. The first-order valence-corrected chi connectivity index (χ1v) is 4.66. The number of Topliss-reactive ketones (excluding diaryl/α,β-unsaturated/α-hetero) is 1. The monoisotopic (exact) mass is 177 g/mol. The highest BCUT2D eigenvalue weighted by molar-refractivity contribution is 5.93. The lowest BCUT2D eigenvalue weighted by molar-refractivity contribution is -0.115. The molecule has 0 spiro atoms. The molecule has 1 radical (unpaired) electrons. The Morgan fingerprint density at radius 1 is 1.38 bits per heavy atom. The van der Waals surface area contributed by atoms with Crippen molar-refractivity contribution in [3.8, 4) is 0 Å². The predicted molar refractivity (Wildman–Crippen MR) is 55.2 cm³/mol. The second kappa shape index (κ2) is 3.49. The lowest BCUT2D eigenvalue weighted by Crippen LogP contribution is -2.17. The normalized spacial score (nSPS) is 18.6. The molecule has 0 aliphatic heterocycles. The van der Waals surface area contributed by atoms with Crippen molar-refractivity contribution >= 4 is 5.78 Å². The summed E-state index contributed by atoms with van der Waals surface area (Å²) in [5.41, 5.74) is 1.51. The summed E-state index contributed by atoms with van der Waals surface area (Å²) in [6.07, 6.45) is 6.82. The van der Waals surface area contributed by atoms with E-state index in [-0.39, 0.29) is 11.2 Å². The lowest BCUT2D eigenvalue weighted by Gasteiger charge is -2.26. The molecule has 13 heavy (non-hydrogen) atoms. The fraction of sp³-hybridized carbons (Fsp3) is 0.500. The van der Waals surface area contributed by atoms with Gasteiger partial charge < -0.3 is 0 Å². The molecule has 0 N–H and O–H groups in total. The van der Waals surface area contributed by atoms with E-state index < -0.39 is 0 Å². The van der Waals surface area contributed by atoms with Gasteiger partial charge in [0.1, 0.15) is 5.78 Å². The smallest absolute Gasteiger partial charge is 0.141 e. The Morgan fingerprint density at radius 3 is 2.46 bits per heavy atom. The van der Waals surface area contributed by atoms with Crippen molar-refractivity contribution in [3.63, 3.8) is 0 Å². The minimum atomic E-state index is 0.172. The molecule has 0 heterocycles. The average molecular weight is 177 g/mol. The van der Waals surface area contributed by atoms with Gasteiger partial charge in [0.25, 0.3) is 0 Å². The number of rotatable bonds is 1. The third kappa shape index (κ3) is 2.55. The van der Waals surface area contributed by atoms with Crippen LogP contribution in [-0.4, -0.2) is 5.78 Å². The molecule has 0 saturated carbocycles. The number of allylic oxidation sites excluding steroid dienone is 4. The number of ketones is 1. The first-order chi connectivity index (χ1) is 5.91. The molecule has 1 heteroatoms. The molecule has 0 aromatic rings. The van der Waals surface area contributed by atoms with Gasteiger partial charge in [-0.15, -0.1) is 0 Å². The molecule has 0 fully saturated rings. The Balaban J connectivity index is 2.78. The zero-order valence-electron chi connectivity index (χ0n) is 8.85. The first-order valence-electron chi connectivity index (χ1n) is 4.66. The highest BCUT2D eigenvalue weighted by atomic mass is 16.1. The van der Waals surface area contributed by atoms with Gasteiger partial charge in [0.2, 0.25) is 0 Å². The van der Waals surface area contributed by atoms with Crippen molar-refractivity contribution in [1.82, 2.24) is 0 Å². The summed E-state index contributed by atoms with van der Waals surface area (Å²) < 4.78 is 0. The van der Waals surface area contributed by atoms with E-state index in [4.69, 9.17) is 0 Å². The summed E-state index contributed by atoms with van der Waals surface area (Å²) in [6.45, 7) is 8.16. The third-order valence-electron chi connectivity index (χ3n) is 2.39. The van der Waals surface area contributed by atoms with E-state index >= 15 is 0 Å². The quantitative estimate of drug-likeness (QED) is 0.601. The maximum Gasteiger partial charge on any atom is 0.141 e.